The summed E-state index contributed by atoms with van der Waals surface area (Å²) in [5.41, 5.74) is 0.593. The van der Waals surface area contributed by atoms with Crippen LogP contribution in [0.1, 0.15) is 38.7 Å². The van der Waals surface area contributed by atoms with Crippen molar-refractivity contribution < 1.29 is 38.6 Å². The highest BCUT2D eigenvalue weighted by molar-refractivity contribution is 6.12. The van der Waals surface area contributed by atoms with E-state index in [1.165, 1.54) is 20.3 Å². The zero-order valence-electron chi connectivity index (χ0n) is 19.5. The predicted octanol–water partition coefficient (Wildman–Crippen LogP) is 2.49. The Bertz CT molecular complexity index is 1140. The fraction of sp³-hybridized carbons (Fsp3) is 0.435. The van der Waals surface area contributed by atoms with Gasteiger partial charge in [-0.2, -0.15) is 0 Å². The van der Waals surface area contributed by atoms with Crippen LogP contribution in [0.4, 0.5) is 5.69 Å². The van der Waals surface area contributed by atoms with Crippen molar-refractivity contribution in [2.75, 3.05) is 20.8 Å². The Labute approximate surface area is 195 Å². The van der Waals surface area contributed by atoms with E-state index in [9.17, 15) is 29.6 Å². The molecule has 11 heteroatoms. The molecule has 1 aliphatic heterocycles. The molecule has 0 amide bonds. The van der Waals surface area contributed by atoms with Gasteiger partial charge in [0.05, 0.1) is 31.3 Å². The van der Waals surface area contributed by atoms with E-state index in [2.05, 4.69) is 5.32 Å². The van der Waals surface area contributed by atoms with Crippen molar-refractivity contribution in [3.8, 4) is 11.5 Å². The van der Waals surface area contributed by atoms with Crippen molar-refractivity contribution >= 4 is 23.4 Å². The highest BCUT2D eigenvalue weighted by Gasteiger charge is 2.47. The summed E-state index contributed by atoms with van der Waals surface area (Å²) in [5, 5.41) is 24.9. The number of allylic oxidation sites excluding steroid dienone is 3. The number of phenolic OH excluding ortho intramolecular Hbond substituents is 1. The Morgan fingerprint density at radius 3 is 2.53 bits per heavy atom. The third kappa shape index (κ3) is 4.09. The number of hydrogen-bond acceptors (Lipinski definition) is 10. The van der Waals surface area contributed by atoms with E-state index in [-0.39, 0.29) is 35.0 Å². The van der Waals surface area contributed by atoms with Gasteiger partial charge >= 0.3 is 17.6 Å². The van der Waals surface area contributed by atoms with E-state index in [0.717, 1.165) is 6.07 Å². The molecule has 0 saturated heterocycles. The van der Waals surface area contributed by atoms with Gasteiger partial charge in [-0.25, -0.2) is 4.79 Å². The lowest BCUT2D eigenvalue weighted by Crippen LogP contribution is -2.43. The molecule has 11 nitrogen and oxygen atoms in total. The van der Waals surface area contributed by atoms with Gasteiger partial charge in [-0.3, -0.25) is 19.7 Å². The number of nitrogens with zero attached hydrogens (tertiary/aromatic N) is 1. The number of carbonyl (C=O) groups is 3. The maximum absolute atomic E-state index is 13.6. The Hall–Kier alpha value is -3.89. The van der Waals surface area contributed by atoms with Gasteiger partial charge < -0.3 is 24.6 Å². The van der Waals surface area contributed by atoms with E-state index in [0.29, 0.717) is 17.8 Å². The topological polar surface area (TPSA) is 154 Å². The monoisotopic (exact) mass is 474 g/mol. The number of carbonyl (C=O) groups excluding carboxylic acids is 3. The summed E-state index contributed by atoms with van der Waals surface area (Å²) in [4.78, 5) is 49.9. The molecule has 1 aromatic rings. The van der Waals surface area contributed by atoms with E-state index in [1.807, 2.05) is 0 Å². The van der Waals surface area contributed by atoms with Gasteiger partial charge in [-0.1, -0.05) is 6.92 Å². The van der Waals surface area contributed by atoms with Crippen LogP contribution in [-0.2, 0) is 23.9 Å². The molecule has 0 aromatic heterocycles. The van der Waals surface area contributed by atoms with Crippen molar-refractivity contribution in [2.24, 2.45) is 11.8 Å². The Morgan fingerprint density at radius 2 is 1.97 bits per heavy atom. The third-order valence-corrected chi connectivity index (χ3v) is 6.07. The number of Topliss-reactive ketones (excluding diaryl/α,β-unsaturated/α-hetero) is 1. The second-order valence-electron chi connectivity index (χ2n) is 8.10. The molecule has 1 aliphatic carbocycles. The van der Waals surface area contributed by atoms with Crippen molar-refractivity contribution in [2.45, 2.75) is 33.1 Å². The first-order valence-electron chi connectivity index (χ1n) is 10.6. The number of methoxy groups -OCH3 is 2. The molecule has 3 rings (SSSR count). The number of rotatable bonds is 6. The zero-order valence-corrected chi connectivity index (χ0v) is 19.5. The summed E-state index contributed by atoms with van der Waals surface area (Å²) >= 11 is 0. The van der Waals surface area contributed by atoms with Gasteiger partial charge in [-0.05, 0) is 37.8 Å². The van der Waals surface area contributed by atoms with Crippen LogP contribution in [-0.4, -0.2) is 48.6 Å². The minimum atomic E-state index is -1.11. The summed E-state index contributed by atoms with van der Waals surface area (Å²) < 4.78 is 15.2. The largest absolute Gasteiger partial charge is 0.500 e. The molecule has 0 fully saturated rings. The number of ether oxygens (including phenoxy) is 3. The number of hydrogen-bond donors (Lipinski definition) is 2. The molecular formula is C23H26N2O9. The molecule has 1 aromatic carbocycles. The molecule has 0 bridgehead atoms. The second kappa shape index (κ2) is 9.54. The highest BCUT2D eigenvalue weighted by atomic mass is 16.6. The summed E-state index contributed by atoms with van der Waals surface area (Å²) in [5.74, 6) is -5.46. The van der Waals surface area contributed by atoms with E-state index in [4.69, 9.17) is 14.2 Å². The Kier molecular flexibility index (Phi) is 6.94. The number of benzene rings is 1. The first-order valence-corrected chi connectivity index (χ1v) is 10.6. The average molecular weight is 474 g/mol. The molecule has 2 aliphatic rings. The smallest absolute Gasteiger partial charge is 0.336 e. The summed E-state index contributed by atoms with van der Waals surface area (Å²) in [6.07, 6.45) is 0.308. The van der Waals surface area contributed by atoms with Gasteiger partial charge in [0.2, 0.25) is 5.75 Å². The van der Waals surface area contributed by atoms with Crippen LogP contribution < -0.4 is 10.1 Å². The van der Waals surface area contributed by atoms with Gasteiger partial charge in [0.15, 0.2) is 11.5 Å². The SMILES string of the molecule is CCOC(=O)C1=C(C)NC2=C(C(=O)[C@H](C(=O)OC)[C@@H](C)C2)[C@H]1c1cc(OC)c(O)c([N+](=O)[O-])c1. The van der Waals surface area contributed by atoms with Crippen LogP contribution in [0.15, 0.2) is 34.7 Å². The number of nitro benzene ring substituents is 1. The molecule has 0 radical (unpaired) electrons. The second-order valence-corrected chi connectivity index (χ2v) is 8.10. The normalized spacial score (nSPS) is 22.0. The number of dihydropyridines is 1. The molecule has 1 heterocycles. The van der Waals surface area contributed by atoms with Crippen LogP contribution in [0.25, 0.3) is 0 Å². The van der Waals surface area contributed by atoms with E-state index in [1.54, 1.807) is 20.8 Å². The summed E-state index contributed by atoms with van der Waals surface area (Å²) in [6.45, 7) is 5.06. The number of nitro groups is 1. The first kappa shape index (κ1) is 24.7. The Balaban J connectivity index is 2.32. The maximum atomic E-state index is 13.6. The number of phenols is 1. The fourth-order valence-electron chi connectivity index (χ4n) is 4.57. The van der Waals surface area contributed by atoms with Crippen molar-refractivity contribution in [1.29, 1.82) is 0 Å². The molecule has 0 spiro atoms. The van der Waals surface area contributed by atoms with Gasteiger partial charge in [0.1, 0.15) is 5.92 Å². The maximum Gasteiger partial charge on any atom is 0.336 e. The minimum Gasteiger partial charge on any atom is -0.500 e. The Morgan fingerprint density at radius 1 is 1.29 bits per heavy atom. The zero-order chi connectivity index (χ0) is 25.3. The molecule has 182 valence electrons. The predicted molar refractivity (Wildman–Crippen MR) is 118 cm³/mol. The highest BCUT2D eigenvalue weighted by Crippen LogP contribution is 2.48. The van der Waals surface area contributed by atoms with Crippen LogP contribution in [0.5, 0.6) is 11.5 Å². The average Bonchev–Trinajstić information content (AvgIpc) is 2.77. The van der Waals surface area contributed by atoms with Crippen LogP contribution in [0.3, 0.4) is 0 Å². The number of nitrogens with one attached hydrogen (secondary N) is 1. The number of esters is 2. The number of aromatic hydroxyl groups is 1. The van der Waals surface area contributed by atoms with Crippen molar-refractivity contribution in [1.82, 2.24) is 5.32 Å². The van der Waals surface area contributed by atoms with Gasteiger partial charge in [-0.15, -0.1) is 0 Å². The van der Waals surface area contributed by atoms with Crippen LogP contribution >= 0.6 is 0 Å². The lowest BCUT2D eigenvalue weighted by atomic mass is 9.69. The molecular weight excluding hydrogens is 448 g/mol. The number of ketones is 1. The molecule has 2 N–H and O–H groups in total. The quantitative estimate of drug-likeness (QED) is 0.272. The fourth-order valence-corrected chi connectivity index (χ4v) is 4.57. The lowest BCUT2D eigenvalue weighted by molar-refractivity contribution is -0.386. The molecule has 34 heavy (non-hydrogen) atoms. The first-order chi connectivity index (χ1) is 16.1. The van der Waals surface area contributed by atoms with Crippen molar-refractivity contribution in [3.05, 3.63) is 50.4 Å². The van der Waals surface area contributed by atoms with E-state index >= 15 is 0 Å². The molecule has 0 saturated carbocycles. The van der Waals surface area contributed by atoms with Crippen LogP contribution in [0.2, 0.25) is 0 Å². The van der Waals surface area contributed by atoms with Crippen molar-refractivity contribution in [3.63, 3.8) is 0 Å². The van der Waals surface area contributed by atoms with E-state index < -0.39 is 45.9 Å². The standard InChI is InChI=1S/C23H26N2O9/c1-6-34-23(29)17-11(3)24-13-7-10(2)16(22(28)33-5)21(27)19(13)18(17)12-8-14(25(30)31)20(26)15(9-12)32-4/h8-10,16,18,24,26H,6-7H2,1-5H3/t10-,16+,18-/m0/s1. The molecule has 3 atom stereocenters. The third-order valence-electron chi connectivity index (χ3n) is 6.07. The lowest BCUT2D eigenvalue weighted by Gasteiger charge is -2.38. The van der Waals surface area contributed by atoms with Gasteiger partial charge in [0, 0.05) is 29.0 Å². The summed E-state index contributed by atoms with van der Waals surface area (Å²) in [6, 6.07) is 2.41. The van der Waals surface area contributed by atoms with Crippen LogP contribution in [0, 0.1) is 22.0 Å². The molecule has 0 unspecified atom stereocenters. The van der Waals surface area contributed by atoms with Gasteiger partial charge in [0.25, 0.3) is 0 Å². The minimum absolute atomic E-state index is 0.0586. The summed E-state index contributed by atoms with van der Waals surface area (Å²) in [7, 11) is 2.41.